The number of rotatable bonds is 1. The number of hydrogen-bond donors (Lipinski definition) is 1. The molecule has 0 aliphatic heterocycles. The summed E-state index contributed by atoms with van der Waals surface area (Å²) in [5, 5.41) is 12.4. The van der Waals surface area contributed by atoms with E-state index in [1.165, 1.54) is 30.6 Å². The van der Waals surface area contributed by atoms with Gasteiger partial charge >= 0.3 is 0 Å². The second-order valence-electron chi connectivity index (χ2n) is 3.01. The second kappa shape index (κ2) is 3.82. The highest BCUT2D eigenvalue weighted by Crippen LogP contribution is 2.07. The molecule has 16 heavy (non-hydrogen) atoms. The van der Waals surface area contributed by atoms with Crippen LogP contribution in [-0.4, -0.2) is 20.7 Å². The first-order valence-corrected chi connectivity index (χ1v) is 4.42. The number of carbonyl (C=O) groups excluding carboxylic acids is 1. The molecule has 0 fully saturated rings. The summed E-state index contributed by atoms with van der Waals surface area (Å²) < 4.78 is 1.07. The fourth-order valence-corrected chi connectivity index (χ4v) is 1.23. The fraction of sp³-hybridized carbons (Fsp3) is 0. The molecule has 6 nitrogen and oxygen atoms in total. The number of hydrogen-bond acceptors (Lipinski definition) is 5. The SMILES string of the molecule is N#Cc1cc(C(=O)n2nccc2N)ccn1. The van der Waals surface area contributed by atoms with Crippen molar-refractivity contribution >= 4 is 11.7 Å². The van der Waals surface area contributed by atoms with Gasteiger partial charge < -0.3 is 5.73 Å². The number of nitrogen functional groups attached to an aromatic ring is 1. The third-order valence-electron chi connectivity index (χ3n) is 1.99. The van der Waals surface area contributed by atoms with E-state index in [0.717, 1.165) is 4.68 Å². The van der Waals surface area contributed by atoms with Crippen LogP contribution in [0.5, 0.6) is 0 Å². The lowest BCUT2D eigenvalue weighted by atomic mass is 10.2. The van der Waals surface area contributed by atoms with E-state index in [-0.39, 0.29) is 17.4 Å². The summed E-state index contributed by atoms with van der Waals surface area (Å²) in [6, 6.07) is 6.27. The van der Waals surface area contributed by atoms with Gasteiger partial charge in [-0.25, -0.2) is 4.98 Å². The molecule has 0 atom stereocenters. The maximum absolute atomic E-state index is 11.9. The molecule has 0 aliphatic rings. The van der Waals surface area contributed by atoms with Gasteiger partial charge in [0.25, 0.3) is 5.91 Å². The number of anilines is 1. The Morgan fingerprint density at radius 1 is 1.44 bits per heavy atom. The van der Waals surface area contributed by atoms with Crippen LogP contribution in [0.25, 0.3) is 0 Å². The standard InChI is InChI=1S/C10H7N5O/c11-6-8-5-7(1-3-13-8)10(16)15-9(12)2-4-14-15/h1-5H,12H2. The van der Waals surface area contributed by atoms with Gasteiger partial charge in [0.05, 0.1) is 6.20 Å². The zero-order valence-electron chi connectivity index (χ0n) is 8.16. The highest BCUT2D eigenvalue weighted by molar-refractivity contribution is 5.97. The zero-order chi connectivity index (χ0) is 11.5. The molecule has 0 unspecified atom stereocenters. The predicted molar refractivity (Wildman–Crippen MR) is 55.3 cm³/mol. The van der Waals surface area contributed by atoms with Crippen molar-refractivity contribution in [3.05, 3.63) is 41.9 Å². The van der Waals surface area contributed by atoms with E-state index in [4.69, 9.17) is 11.0 Å². The molecule has 78 valence electrons. The van der Waals surface area contributed by atoms with E-state index in [1.807, 2.05) is 6.07 Å². The fourth-order valence-electron chi connectivity index (χ4n) is 1.23. The van der Waals surface area contributed by atoms with Crippen LogP contribution in [-0.2, 0) is 0 Å². The van der Waals surface area contributed by atoms with Crippen LogP contribution >= 0.6 is 0 Å². The average molecular weight is 213 g/mol. The predicted octanol–water partition coefficient (Wildman–Crippen LogP) is 0.420. The molecular formula is C10H7N5O. The van der Waals surface area contributed by atoms with Crippen molar-refractivity contribution in [1.29, 1.82) is 5.26 Å². The van der Waals surface area contributed by atoms with Crippen LogP contribution in [0.15, 0.2) is 30.6 Å². The molecule has 2 aromatic rings. The van der Waals surface area contributed by atoms with E-state index < -0.39 is 0 Å². The van der Waals surface area contributed by atoms with Gasteiger partial charge in [-0.1, -0.05) is 0 Å². The molecule has 0 saturated carbocycles. The van der Waals surface area contributed by atoms with Gasteiger partial charge in [0.2, 0.25) is 0 Å². The quantitative estimate of drug-likeness (QED) is 0.740. The molecule has 0 spiro atoms. The Balaban J connectivity index is 2.43. The molecular weight excluding hydrogens is 206 g/mol. The smallest absolute Gasteiger partial charge is 0.280 e. The molecule has 0 amide bonds. The second-order valence-corrected chi connectivity index (χ2v) is 3.01. The normalized spacial score (nSPS) is 9.69. The molecule has 2 heterocycles. The Hall–Kier alpha value is -2.68. The number of nitriles is 1. The van der Waals surface area contributed by atoms with Gasteiger partial charge in [-0.3, -0.25) is 4.79 Å². The lowest BCUT2D eigenvalue weighted by Crippen LogP contribution is -2.16. The average Bonchev–Trinajstić information content (AvgIpc) is 2.74. The van der Waals surface area contributed by atoms with Crippen LogP contribution < -0.4 is 5.73 Å². The molecule has 0 saturated heterocycles. The topological polar surface area (TPSA) is 97.6 Å². The highest BCUT2D eigenvalue weighted by Gasteiger charge is 2.12. The number of nitrogens with two attached hydrogens (primary N) is 1. The Kier molecular flexibility index (Phi) is 2.36. The minimum absolute atomic E-state index is 0.177. The summed E-state index contributed by atoms with van der Waals surface area (Å²) in [6.45, 7) is 0. The van der Waals surface area contributed by atoms with E-state index in [9.17, 15) is 4.79 Å². The minimum atomic E-state index is -0.388. The number of carbonyl (C=O) groups is 1. The summed E-state index contributed by atoms with van der Waals surface area (Å²) in [4.78, 5) is 15.6. The van der Waals surface area contributed by atoms with Gasteiger partial charge in [-0.05, 0) is 12.1 Å². The maximum atomic E-state index is 11.9. The summed E-state index contributed by atoms with van der Waals surface area (Å²) in [5.41, 5.74) is 6.05. The number of pyridine rings is 1. The maximum Gasteiger partial charge on any atom is 0.280 e. The van der Waals surface area contributed by atoms with Gasteiger partial charge in [-0.2, -0.15) is 15.0 Å². The third-order valence-corrected chi connectivity index (χ3v) is 1.99. The van der Waals surface area contributed by atoms with Crippen LogP contribution in [0.3, 0.4) is 0 Å². The van der Waals surface area contributed by atoms with Crippen molar-refractivity contribution < 1.29 is 4.79 Å². The zero-order valence-corrected chi connectivity index (χ0v) is 8.16. The molecule has 6 heteroatoms. The van der Waals surface area contributed by atoms with Crippen LogP contribution in [0.4, 0.5) is 5.82 Å². The molecule has 0 bridgehead atoms. The Bertz CT molecular complexity index is 581. The van der Waals surface area contributed by atoms with E-state index in [2.05, 4.69) is 10.1 Å². The largest absolute Gasteiger partial charge is 0.383 e. The lowest BCUT2D eigenvalue weighted by molar-refractivity contribution is 0.0948. The number of nitrogens with zero attached hydrogens (tertiary/aromatic N) is 4. The molecule has 0 radical (unpaired) electrons. The molecule has 0 aromatic carbocycles. The molecule has 2 rings (SSSR count). The Morgan fingerprint density at radius 3 is 2.88 bits per heavy atom. The van der Waals surface area contributed by atoms with Gasteiger partial charge in [0, 0.05) is 17.8 Å². The van der Waals surface area contributed by atoms with Crippen molar-refractivity contribution in [3.63, 3.8) is 0 Å². The first-order chi connectivity index (χ1) is 7.72. The summed E-state index contributed by atoms with van der Waals surface area (Å²) in [7, 11) is 0. The van der Waals surface area contributed by atoms with Gasteiger partial charge in [0.1, 0.15) is 17.6 Å². The van der Waals surface area contributed by atoms with Crippen molar-refractivity contribution in [2.24, 2.45) is 0 Å². The van der Waals surface area contributed by atoms with Gasteiger partial charge in [-0.15, -0.1) is 0 Å². The van der Waals surface area contributed by atoms with E-state index in [1.54, 1.807) is 0 Å². The molecule has 2 aromatic heterocycles. The minimum Gasteiger partial charge on any atom is -0.383 e. The van der Waals surface area contributed by atoms with Crippen molar-refractivity contribution in [3.8, 4) is 6.07 Å². The highest BCUT2D eigenvalue weighted by atomic mass is 16.2. The monoisotopic (exact) mass is 213 g/mol. The third kappa shape index (κ3) is 1.62. The van der Waals surface area contributed by atoms with E-state index >= 15 is 0 Å². The van der Waals surface area contributed by atoms with Crippen molar-refractivity contribution in [1.82, 2.24) is 14.8 Å². The summed E-state index contributed by atoms with van der Waals surface area (Å²) in [5.74, 6) is -0.137. The molecule has 0 aliphatic carbocycles. The van der Waals surface area contributed by atoms with E-state index in [0.29, 0.717) is 5.56 Å². The number of aromatic nitrogens is 3. The summed E-state index contributed by atoms with van der Waals surface area (Å²) in [6.07, 6.45) is 2.82. The van der Waals surface area contributed by atoms with Gasteiger partial charge in [0.15, 0.2) is 0 Å². The van der Waals surface area contributed by atoms with Crippen LogP contribution in [0.1, 0.15) is 16.1 Å². The van der Waals surface area contributed by atoms with Crippen molar-refractivity contribution in [2.75, 3.05) is 5.73 Å². The Morgan fingerprint density at radius 2 is 2.25 bits per heavy atom. The van der Waals surface area contributed by atoms with Crippen LogP contribution in [0, 0.1) is 11.3 Å². The van der Waals surface area contributed by atoms with Crippen molar-refractivity contribution in [2.45, 2.75) is 0 Å². The Labute approximate surface area is 90.9 Å². The first kappa shape index (κ1) is 9.86. The first-order valence-electron chi connectivity index (χ1n) is 4.42. The summed E-state index contributed by atoms with van der Waals surface area (Å²) >= 11 is 0. The lowest BCUT2D eigenvalue weighted by Gasteiger charge is -2.02. The van der Waals surface area contributed by atoms with Crippen LogP contribution in [0.2, 0.25) is 0 Å². The molecule has 2 N–H and O–H groups in total.